The van der Waals surface area contributed by atoms with Crippen molar-refractivity contribution in [1.29, 1.82) is 0 Å². The molecule has 1 aromatic heterocycles. The van der Waals surface area contributed by atoms with Crippen molar-refractivity contribution in [3.63, 3.8) is 0 Å². The molecule has 0 aliphatic carbocycles. The van der Waals surface area contributed by atoms with Crippen LogP contribution in [0.3, 0.4) is 0 Å². The molecule has 1 aromatic carbocycles. The van der Waals surface area contributed by atoms with Crippen molar-refractivity contribution >= 4 is 21.6 Å². The molecule has 0 radical (unpaired) electrons. The standard InChI is InChI=1S/C12H13ClFN3O2S/c1-17(8-9-4-2-3-5-11(9)14)20(18,19)12-10(6-13)7-15-16-12/h2-5,7H,6,8H2,1H3,(H,15,16). The van der Waals surface area contributed by atoms with Crippen molar-refractivity contribution in [3.8, 4) is 0 Å². The number of halogens is 2. The Balaban J connectivity index is 2.29. The van der Waals surface area contributed by atoms with Gasteiger partial charge in [0.15, 0.2) is 5.03 Å². The van der Waals surface area contributed by atoms with Crippen LogP contribution in [0.4, 0.5) is 4.39 Å². The fraction of sp³-hybridized carbons (Fsp3) is 0.250. The van der Waals surface area contributed by atoms with Gasteiger partial charge in [0.2, 0.25) is 0 Å². The fourth-order valence-electron chi connectivity index (χ4n) is 1.73. The first-order chi connectivity index (χ1) is 9.46. The monoisotopic (exact) mass is 317 g/mol. The average molecular weight is 318 g/mol. The quantitative estimate of drug-likeness (QED) is 0.859. The van der Waals surface area contributed by atoms with Crippen LogP contribution in [0, 0.1) is 5.82 Å². The summed E-state index contributed by atoms with van der Waals surface area (Å²) in [6.45, 7) is -0.0737. The number of benzene rings is 1. The normalized spacial score (nSPS) is 12.0. The van der Waals surface area contributed by atoms with Crippen LogP contribution in [-0.4, -0.2) is 30.0 Å². The van der Waals surface area contributed by atoms with Crippen molar-refractivity contribution in [2.24, 2.45) is 0 Å². The topological polar surface area (TPSA) is 66.1 Å². The van der Waals surface area contributed by atoms with Crippen molar-refractivity contribution in [3.05, 3.63) is 47.4 Å². The molecular formula is C12H13ClFN3O2S. The van der Waals surface area contributed by atoms with E-state index in [4.69, 9.17) is 11.6 Å². The molecule has 0 aliphatic rings. The number of hydrogen-bond donors (Lipinski definition) is 1. The van der Waals surface area contributed by atoms with E-state index >= 15 is 0 Å². The summed E-state index contributed by atoms with van der Waals surface area (Å²) in [5.41, 5.74) is 0.678. The molecule has 0 unspecified atom stereocenters. The van der Waals surface area contributed by atoms with Gasteiger partial charge in [0.25, 0.3) is 10.0 Å². The number of nitrogens with zero attached hydrogens (tertiary/aromatic N) is 2. The van der Waals surface area contributed by atoms with E-state index in [2.05, 4.69) is 10.2 Å². The minimum atomic E-state index is -3.79. The zero-order valence-electron chi connectivity index (χ0n) is 10.7. The van der Waals surface area contributed by atoms with Crippen LogP contribution in [0.1, 0.15) is 11.1 Å². The lowest BCUT2D eigenvalue weighted by atomic mass is 10.2. The molecule has 0 amide bonds. The molecule has 0 saturated carbocycles. The molecule has 0 fully saturated rings. The lowest BCUT2D eigenvalue weighted by Crippen LogP contribution is -2.28. The van der Waals surface area contributed by atoms with Gasteiger partial charge < -0.3 is 0 Å². The maximum Gasteiger partial charge on any atom is 0.260 e. The zero-order chi connectivity index (χ0) is 14.8. The second-order valence-electron chi connectivity index (χ2n) is 4.21. The first-order valence-corrected chi connectivity index (χ1v) is 7.72. The van der Waals surface area contributed by atoms with Gasteiger partial charge in [-0.2, -0.15) is 9.40 Å². The minimum Gasteiger partial charge on any atom is -0.266 e. The second kappa shape index (κ2) is 5.90. The van der Waals surface area contributed by atoms with E-state index in [9.17, 15) is 12.8 Å². The predicted octanol–water partition coefficient (Wildman–Crippen LogP) is 2.11. The number of sulfonamides is 1. The number of rotatable bonds is 5. The summed E-state index contributed by atoms with van der Waals surface area (Å²) in [6.07, 6.45) is 1.36. The number of alkyl halides is 1. The van der Waals surface area contributed by atoms with Crippen LogP contribution in [0.2, 0.25) is 0 Å². The maximum atomic E-state index is 13.6. The van der Waals surface area contributed by atoms with Crippen molar-refractivity contribution < 1.29 is 12.8 Å². The molecular weight excluding hydrogens is 305 g/mol. The second-order valence-corrected chi connectivity index (χ2v) is 6.46. The third kappa shape index (κ3) is 2.84. The van der Waals surface area contributed by atoms with Gasteiger partial charge in [-0.3, -0.25) is 5.10 Å². The van der Waals surface area contributed by atoms with Gasteiger partial charge in [-0.05, 0) is 6.07 Å². The van der Waals surface area contributed by atoms with Gasteiger partial charge in [0.1, 0.15) is 5.82 Å². The van der Waals surface area contributed by atoms with Crippen LogP contribution < -0.4 is 0 Å². The van der Waals surface area contributed by atoms with Crippen LogP contribution in [0.25, 0.3) is 0 Å². The Hall–Kier alpha value is -1.44. The number of hydrogen-bond acceptors (Lipinski definition) is 3. The highest BCUT2D eigenvalue weighted by Gasteiger charge is 2.26. The van der Waals surface area contributed by atoms with Gasteiger partial charge >= 0.3 is 0 Å². The summed E-state index contributed by atoms with van der Waals surface area (Å²) in [7, 11) is -2.41. The predicted molar refractivity (Wildman–Crippen MR) is 73.2 cm³/mol. The molecule has 8 heteroatoms. The summed E-state index contributed by atoms with van der Waals surface area (Å²) in [6, 6.07) is 6.03. The Morgan fingerprint density at radius 2 is 2.05 bits per heavy atom. The van der Waals surface area contributed by atoms with Crippen LogP contribution in [-0.2, 0) is 22.4 Å². The summed E-state index contributed by atoms with van der Waals surface area (Å²) in [5.74, 6) is -0.421. The molecule has 20 heavy (non-hydrogen) atoms. The molecule has 0 spiro atoms. The van der Waals surface area contributed by atoms with Crippen molar-refractivity contribution in [2.75, 3.05) is 7.05 Å². The fourth-order valence-corrected chi connectivity index (χ4v) is 3.25. The molecule has 0 atom stereocenters. The first kappa shape index (κ1) is 15.0. The SMILES string of the molecule is CN(Cc1ccccc1F)S(=O)(=O)c1[nH]ncc1CCl. The zero-order valence-corrected chi connectivity index (χ0v) is 12.2. The molecule has 5 nitrogen and oxygen atoms in total. The van der Waals surface area contributed by atoms with E-state index in [1.54, 1.807) is 12.1 Å². The molecule has 0 saturated heterocycles. The van der Waals surface area contributed by atoms with E-state index in [0.717, 1.165) is 4.31 Å². The van der Waals surface area contributed by atoms with E-state index in [1.165, 1.54) is 25.4 Å². The summed E-state index contributed by atoms with van der Waals surface area (Å²) >= 11 is 5.67. The summed E-state index contributed by atoms with van der Waals surface area (Å²) < 4.78 is 39.3. The Morgan fingerprint density at radius 3 is 2.70 bits per heavy atom. The highest BCUT2D eigenvalue weighted by Crippen LogP contribution is 2.20. The minimum absolute atomic E-state index is 0.0264. The number of aromatic amines is 1. The van der Waals surface area contributed by atoms with Crippen LogP contribution in [0.15, 0.2) is 35.5 Å². The third-order valence-corrected chi connectivity index (χ3v) is 4.95. The van der Waals surface area contributed by atoms with E-state index in [0.29, 0.717) is 11.1 Å². The number of aromatic nitrogens is 2. The van der Waals surface area contributed by atoms with Gasteiger partial charge in [0, 0.05) is 24.7 Å². The van der Waals surface area contributed by atoms with Crippen molar-refractivity contribution in [1.82, 2.24) is 14.5 Å². The molecule has 1 heterocycles. The summed E-state index contributed by atoms with van der Waals surface area (Å²) in [5, 5.41) is 6.03. The highest BCUT2D eigenvalue weighted by molar-refractivity contribution is 7.89. The average Bonchev–Trinajstić information content (AvgIpc) is 2.90. The Bertz CT molecular complexity index is 702. The van der Waals surface area contributed by atoms with Crippen molar-refractivity contribution in [2.45, 2.75) is 17.5 Å². The summed E-state index contributed by atoms with van der Waals surface area (Å²) in [4.78, 5) is 0. The largest absolute Gasteiger partial charge is 0.266 e. The third-order valence-electron chi connectivity index (χ3n) is 2.84. The number of nitrogens with one attached hydrogen (secondary N) is 1. The molecule has 0 aliphatic heterocycles. The first-order valence-electron chi connectivity index (χ1n) is 5.74. The maximum absolute atomic E-state index is 13.6. The van der Waals surface area contributed by atoms with Gasteiger partial charge in [-0.1, -0.05) is 18.2 Å². The van der Waals surface area contributed by atoms with E-state index < -0.39 is 15.8 Å². The smallest absolute Gasteiger partial charge is 0.260 e. The molecule has 1 N–H and O–H groups in total. The Labute approximate surface area is 121 Å². The van der Waals surface area contributed by atoms with E-state index in [-0.39, 0.29) is 17.5 Å². The van der Waals surface area contributed by atoms with E-state index in [1.807, 2.05) is 0 Å². The van der Waals surface area contributed by atoms with Crippen LogP contribution >= 0.6 is 11.6 Å². The van der Waals surface area contributed by atoms with Crippen LogP contribution in [0.5, 0.6) is 0 Å². The molecule has 2 rings (SSSR count). The van der Waals surface area contributed by atoms with Gasteiger partial charge in [0.05, 0.1) is 12.1 Å². The molecule has 0 bridgehead atoms. The van der Waals surface area contributed by atoms with Gasteiger partial charge in [-0.25, -0.2) is 12.8 Å². The Morgan fingerprint density at radius 1 is 1.35 bits per heavy atom. The Kier molecular flexibility index (Phi) is 4.42. The molecule has 2 aromatic rings. The number of H-pyrrole nitrogens is 1. The lowest BCUT2D eigenvalue weighted by molar-refractivity contribution is 0.453. The molecule has 108 valence electrons. The highest BCUT2D eigenvalue weighted by atomic mass is 35.5. The lowest BCUT2D eigenvalue weighted by Gasteiger charge is -2.17. The van der Waals surface area contributed by atoms with Gasteiger partial charge in [-0.15, -0.1) is 11.6 Å².